The number of benzene rings is 1. The van der Waals surface area contributed by atoms with Crippen molar-refractivity contribution in [1.82, 2.24) is 5.32 Å². The molecule has 2 rings (SSSR count). The minimum atomic E-state index is -3.74. The predicted molar refractivity (Wildman–Crippen MR) is 124 cm³/mol. The summed E-state index contributed by atoms with van der Waals surface area (Å²) in [5.41, 5.74) is 0.760. The molecule has 0 radical (unpaired) electrons. The lowest BCUT2D eigenvalue weighted by Gasteiger charge is -2.47. The minimum absolute atomic E-state index is 0.00994. The standard InChI is InChI=1S/C23H34NO10P/c1-6-30-35(28,31-7-2)15-22(27)24-23(29-14-19-11-9-8-10-12-19)21(33-18(5)26)13-20(16(3)34-23)32-17(4)25/h8-12,16,20-21H,6-7,13-15H2,1-5H3,(H,24,27)/t16-,20+,21+,23-/m1/s1. The fraction of sp³-hybridized carbons (Fsp3) is 0.609. The summed E-state index contributed by atoms with van der Waals surface area (Å²) in [6.07, 6.45) is -3.31. The number of carbonyl (C=O) groups excluding carboxylic acids is 3. The lowest BCUT2D eigenvalue weighted by molar-refractivity contribution is -0.351. The maximum Gasteiger partial charge on any atom is 0.340 e. The van der Waals surface area contributed by atoms with Crippen LogP contribution >= 0.6 is 7.60 Å². The summed E-state index contributed by atoms with van der Waals surface area (Å²) in [5.74, 6) is -3.93. The quantitative estimate of drug-likeness (QED) is 0.251. The highest BCUT2D eigenvalue weighted by Crippen LogP contribution is 2.48. The molecule has 11 nitrogen and oxygen atoms in total. The molecular weight excluding hydrogens is 481 g/mol. The molecule has 0 bridgehead atoms. The van der Waals surface area contributed by atoms with E-state index in [1.54, 1.807) is 20.8 Å². The third kappa shape index (κ3) is 8.70. The van der Waals surface area contributed by atoms with Crippen molar-refractivity contribution < 1.29 is 46.9 Å². The first-order chi connectivity index (χ1) is 16.5. The van der Waals surface area contributed by atoms with Crippen LogP contribution in [0.4, 0.5) is 0 Å². The number of esters is 2. The minimum Gasteiger partial charge on any atom is -0.460 e. The molecule has 1 heterocycles. The van der Waals surface area contributed by atoms with E-state index in [1.165, 1.54) is 13.8 Å². The van der Waals surface area contributed by atoms with Crippen molar-refractivity contribution in [3.8, 4) is 0 Å². The van der Waals surface area contributed by atoms with E-state index >= 15 is 0 Å². The Morgan fingerprint density at radius 1 is 1.06 bits per heavy atom. The summed E-state index contributed by atoms with van der Waals surface area (Å²) >= 11 is 0. The molecule has 1 aliphatic rings. The maximum atomic E-state index is 13.1. The number of carbonyl (C=O) groups is 3. The molecule has 35 heavy (non-hydrogen) atoms. The van der Waals surface area contributed by atoms with Crippen molar-refractivity contribution in [2.24, 2.45) is 0 Å². The van der Waals surface area contributed by atoms with Crippen LogP contribution in [0.3, 0.4) is 0 Å². The zero-order valence-corrected chi connectivity index (χ0v) is 21.6. The first-order valence-electron chi connectivity index (χ1n) is 11.4. The van der Waals surface area contributed by atoms with Crippen LogP contribution in [0.5, 0.6) is 0 Å². The zero-order valence-electron chi connectivity index (χ0n) is 20.7. The summed E-state index contributed by atoms with van der Waals surface area (Å²) in [6.45, 7) is 7.48. The van der Waals surface area contributed by atoms with Crippen LogP contribution < -0.4 is 5.32 Å². The van der Waals surface area contributed by atoms with Gasteiger partial charge in [-0.1, -0.05) is 30.3 Å². The Labute approximate surface area is 205 Å². The van der Waals surface area contributed by atoms with Crippen LogP contribution in [0.2, 0.25) is 0 Å². The van der Waals surface area contributed by atoms with Gasteiger partial charge in [-0.05, 0) is 26.3 Å². The Bertz CT molecular complexity index is 901. The molecule has 1 N–H and O–H groups in total. The molecule has 1 aliphatic heterocycles. The van der Waals surface area contributed by atoms with Gasteiger partial charge in [0, 0.05) is 20.3 Å². The zero-order chi connectivity index (χ0) is 26.1. The van der Waals surface area contributed by atoms with Gasteiger partial charge < -0.3 is 33.3 Å². The molecule has 1 saturated heterocycles. The van der Waals surface area contributed by atoms with Gasteiger partial charge in [0.1, 0.15) is 12.3 Å². The molecule has 1 amide bonds. The molecule has 4 atom stereocenters. The van der Waals surface area contributed by atoms with Gasteiger partial charge in [-0.15, -0.1) is 0 Å². The molecule has 0 unspecified atom stereocenters. The second-order valence-electron chi connectivity index (χ2n) is 7.90. The lowest BCUT2D eigenvalue weighted by Crippen LogP contribution is -2.67. The number of nitrogens with one attached hydrogen (secondary N) is 1. The number of hydrogen-bond acceptors (Lipinski definition) is 10. The smallest absolute Gasteiger partial charge is 0.340 e. The Morgan fingerprint density at radius 2 is 1.66 bits per heavy atom. The van der Waals surface area contributed by atoms with E-state index in [0.717, 1.165) is 5.56 Å². The normalized spacial score (nSPS) is 24.4. The van der Waals surface area contributed by atoms with Gasteiger partial charge in [0.2, 0.25) is 5.91 Å². The topological polar surface area (TPSA) is 136 Å². The third-order valence-corrected chi connectivity index (χ3v) is 6.96. The van der Waals surface area contributed by atoms with Gasteiger partial charge in [-0.3, -0.25) is 18.9 Å². The highest BCUT2D eigenvalue weighted by Gasteiger charge is 2.54. The van der Waals surface area contributed by atoms with Gasteiger partial charge >= 0.3 is 19.5 Å². The Kier molecular flexibility index (Phi) is 10.9. The van der Waals surface area contributed by atoms with Crippen LogP contribution in [0.15, 0.2) is 30.3 Å². The number of rotatable bonds is 12. The van der Waals surface area contributed by atoms with Crippen molar-refractivity contribution in [1.29, 1.82) is 0 Å². The summed E-state index contributed by atoms with van der Waals surface area (Å²) in [7, 11) is -3.74. The summed E-state index contributed by atoms with van der Waals surface area (Å²) < 4.78 is 46.2. The first-order valence-corrected chi connectivity index (χ1v) is 13.1. The van der Waals surface area contributed by atoms with E-state index in [0.29, 0.717) is 0 Å². The molecule has 1 fully saturated rings. The molecular formula is C23H34NO10P. The van der Waals surface area contributed by atoms with Gasteiger partial charge in [-0.25, -0.2) is 0 Å². The van der Waals surface area contributed by atoms with E-state index in [9.17, 15) is 18.9 Å². The first kappa shape index (κ1) is 28.9. The second-order valence-corrected chi connectivity index (χ2v) is 9.95. The van der Waals surface area contributed by atoms with Crippen molar-refractivity contribution in [2.45, 2.75) is 71.9 Å². The molecule has 0 saturated carbocycles. The lowest BCUT2D eigenvalue weighted by atomic mass is 9.99. The van der Waals surface area contributed by atoms with Gasteiger partial charge in [0.05, 0.1) is 25.9 Å². The molecule has 0 aromatic heterocycles. The number of ether oxygens (including phenoxy) is 4. The average Bonchev–Trinajstić information content (AvgIpc) is 2.76. The van der Waals surface area contributed by atoms with Crippen molar-refractivity contribution >= 4 is 25.4 Å². The van der Waals surface area contributed by atoms with Crippen molar-refractivity contribution in [3.05, 3.63) is 35.9 Å². The van der Waals surface area contributed by atoms with E-state index in [1.807, 2.05) is 30.3 Å². The largest absolute Gasteiger partial charge is 0.460 e. The molecule has 1 aromatic rings. The predicted octanol–water partition coefficient (Wildman–Crippen LogP) is 2.91. The van der Waals surface area contributed by atoms with Gasteiger partial charge in [0.15, 0.2) is 6.10 Å². The van der Waals surface area contributed by atoms with E-state index in [4.69, 9.17) is 28.0 Å². The Morgan fingerprint density at radius 3 is 2.20 bits per heavy atom. The molecule has 0 spiro atoms. The van der Waals surface area contributed by atoms with E-state index in [-0.39, 0.29) is 26.2 Å². The Hall–Kier alpha value is -2.30. The maximum absolute atomic E-state index is 13.1. The van der Waals surface area contributed by atoms with Crippen molar-refractivity contribution in [2.75, 3.05) is 19.4 Å². The molecule has 196 valence electrons. The second kappa shape index (κ2) is 13.1. The van der Waals surface area contributed by atoms with E-state index in [2.05, 4.69) is 5.32 Å². The summed E-state index contributed by atoms with van der Waals surface area (Å²) in [6, 6.07) is 9.08. The van der Waals surface area contributed by atoms with Gasteiger partial charge in [-0.2, -0.15) is 0 Å². The monoisotopic (exact) mass is 515 g/mol. The molecule has 0 aliphatic carbocycles. The summed E-state index contributed by atoms with van der Waals surface area (Å²) in [4.78, 5) is 36.6. The van der Waals surface area contributed by atoms with Crippen LogP contribution in [0.25, 0.3) is 0 Å². The molecule has 1 aromatic carbocycles. The van der Waals surface area contributed by atoms with Crippen LogP contribution in [-0.4, -0.2) is 61.4 Å². The number of amides is 1. The van der Waals surface area contributed by atoms with Crippen LogP contribution in [0.1, 0.15) is 46.6 Å². The van der Waals surface area contributed by atoms with Gasteiger partial charge in [0.25, 0.3) is 5.91 Å². The van der Waals surface area contributed by atoms with Crippen molar-refractivity contribution in [3.63, 3.8) is 0 Å². The summed E-state index contributed by atoms with van der Waals surface area (Å²) in [5, 5.41) is 2.60. The fourth-order valence-corrected chi connectivity index (χ4v) is 5.11. The average molecular weight is 515 g/mol. The fourth-order valence-electron chi connectivity index (χ4n) is 3.64. The van der Waals surface area contributed by atoms with Crippen LogP contribution in [0, 0.1) is 0 Å². The van der Waals surface area contributed by atoms with Crippen LogP contribution in [-0.2, 0) is 53.6 Å². The van der Waals surface area contributed by atoms with E-state index < -0.39 is 55.8 Å². The SMILES string of the molecule is CCOP(=O)(CC(=O)N[C@]1(OCc2ccccc2)O[C@H](C)[C@@H](OC(C)=O)C[C@@H]1OC(C)=O)OCC. The highest BCUT2D eigenvalue weighted by atomic mass is 31.2. The highest BCUT2D eigenvalue weighted by molar-refractivity contribution is 7.54. The Balaban J connectivity index is 2.38. The molecule has 12 heteroatoms. The third-order valence-electron chi connectivity index (χ3n) is 4.98. The number of hydrogen-bond donors (Lipinski definition) is 1.